The summed E-state index contributed by atoms with van der Waals surface area (Å²) < 4.78 is 1.75. The summed E-state index contributed by atoms with van der Waals surface area (Å²) in [5.74, 6) is 2.30. The second-order valence-corrected chi connectivity index (χ2v) is 10.4. The quantitative estimate of drug-likeness (QED) is 0.467. The topological polar surface area (TPSA) is 73.9 Å². The third-order valence-corrected chi connectivity index (χ3v) is 7.82. The van der Waals surface area contributed by atoms with Gasteiger partial charge >= 0.3 is 0 Å². The molecule has 0 bridgehead atoms. The van der Waals surface area contributed by atoms with Crippen LogP contribution >= 0.6 is 23.2 Å². The molecular weight excluding hydrogens is 469 g/mol. The van der Waals surface area contributed by atoms with Gasteiger partial charge in [-0.05, 0) is 68.8 Å². The van der Waals surface area contributed by atoms with Gasteiger partial charge in [0.15, 0.2) is 11.3 Å². The third-order valence-electron chi connectivity index (χ3n) is 7.26. The molecule has 178 valence electrons. The molecule has 0 amide bonds. The Balaban J connectivity index is 1.38. The van der Waals surface area contributed by atoms with Crippen molar-refractivity contribution in [1.29, 1.82) is 5.26 Å². The SMILES string of the molecule is CCCN1CCC[C@@H](C2CN(c3cnc4c(C#N)nn([C@H](C)c5ccc(Cl)cc5Cl)c4n3)C2)C1. The minimum atomic E-state index is -0.227. The Morgan fingerprint density at radius 3 is 2.76 bits per heavy atom. The Labute approximate surface area is 210 Å². The number of fused-ring (bicyclic) bond motifs is 1. The smallest absolute Gasteiger partial charge is 0.190 e. The van der Waals surface area contributed by atoms with Gasteiger partial charge in [0.05, 0.1) is 12.2 Å². The number of likely N-dealkylation sites (tertiary alicyclic amines) is 1. The average molecular weight is 498 g/mol. The summed E-state index contributed by atoms with van der Waals surface area (Å²) in [4.78, 5) is 14.4. The first-order chi connectivity index (χ1) is 16.5. The largest absolute Gasteiger partial charge is 0.355 e. The molecule has 7 nitrogen and oxygen atoms in total. The van der Waals surface area contributed by atoms with Gasteiger partial charge in [0.1, 0.15) is 17.4 Å². The number of anilines is 1. The van der Waals surface area contributed by atoms with Crippen molar-refractivity contribution >= 4 is 40.2 Å². The van der Waals surface area contributed by atoms with E-state index >= 15 is 0 Å². The van der Waals surface area contributed by atoms with Crippen LogP contribution in [0.5, 0.6) is 0 Å². The maximum atomic E-state index is 9.62. The Hall–Kier alpha value is -2.40. The van der Waals surface area contributed by atoms with Gasteiger partial charge in [0.25, 0.3) is 0 Å². The number of hydrogen-bond donors (Lipinski definition) is 0. The van der Waals surface area contributed by atoms with Crippen LogP contribution in [0.4, 0.5) is 5.82 Å². The molecule has 1 aromatic carbocycles. The predicted molar refractivity (Wildman–Crippen MR) is 135 cm³/mol. The predicted octanol–water partition coefficient (Wildman–Crippen LogP) is 5.17. The summed E-state index contributed by atoms with van der Waals surface area (Å²) in [6, 6.07) is 7.34. The fourth-order valence-electron chi connectivity index (χ4n) is 5.36. The first kappa shape index (κ1) is 23.3. The summed E-state index contributed by atoms with van der Waals surface area (Å²) in [5.41, 5.74) is 2.25. The zero-order valence-electron chi connectivity index (χ0n) is 19.6. The van der Waals surface area contributed by atoms with Gasteiger partial charge in [-0.1, -0.05) is 36.2 Å². The van der Waals surface area contributed by atoms with Crippen molar-refractivity contribution in [2.75, 3.05) is 37.6 Å². The Morgan fingerprint density at radius 1 is 1.21 bits per heavy atom. The molecule has 3 aromatic rings. The molecule has 0 saturated carbocycles. The van der Waals surface area contributed by atoms with Gasteiger partial charge in [-0.25, -0.2) is 14.6 Å². The van der Waals surface area contributed by atoms with Gasteiger partial charge in [-0.2, -0.15) is 10.4 Å². The Morgan fingerprint density at radius 2 is 2.03 bits per heavy atom. The lowest BCUT2D eigenvalue weighted by molar-refractivity contribution is 0.120. The van der Waals surface area contributed by atoms with Crippen molar-refractivity contribution in [1.82, 2.24) is 24.6 Å². The van der Waals surface area contributed by atoms with Crippen LogP contribution < -0.4 is 4.90 Å². The number of rotatable bonds is 6. The number of hydrogen-bond acceptors (Lipinski definition) is 6. The van der Waals surface area contributed by atoms with Crippen molar-refractivity contribution in [2.24, 2.45) is 11.8 Å². The van der Waals surface area contributed by atoms with E-state index < -0.39 is 0 Å². The summed E-state index contributed by atoms with van der Waals surface area (Å²) in [5, 5.41) is 15.3. The van der Waals surface area contributed by atoms with Gasteiger partial charge in [-0.3, -0.25) is 0 Å². The molecule has 0 spiro atoms. The van der Waals surface area contributed by atoms with E-state index in [1.54, 1.807) is 23.0 Å². The van der Waals surface area contributed by atoms with E-state index in [0.717, 1.165) is 30.4 Å². The number of piperidine rings is 1. The van der Waals surface area contributed by atoms with Crippen LogP contribution in [0.1, 0.15) is 50.4 Å². The molecule has 4 heterocycles. The van der Waals surface area contributed by atoms with E-state index in [9.17, 15) is 5.26 Å². The second kappa shape index (κ2) is 9.69. The molecule has 2 saturated heterocycles. The molecule has 2 aromatic heterocycles. The lowest BCUT2D eigenvalue weighted by Crippen LogP contribution is -2.53. The van der Waals surface area contributed by atoms with Crippen LogP contribution in [0.2, 0.25) is 10.0 Å². The Bertz CT molecular complexity index is 1230. The molecule has 0 aliphatic carbocycles. The Kier molecular flexibility index (Phi) is 6.65. The van der Waals surface area contributed by atoms with Crippen molar-refractivity contribution < 1.29 is 0 Å². The number of benzene rings is 1. The first-order valence-corrected chi connectivity index (χ1v) is 12.8. The highest BCUT2D eigenvalue weighted by Crippen LogP contribution is 2.35. The van der Waals surface area contributed by atoms with Crippen LogP contribution in [0, 0.1) is 23.2 Å². The molecule has 34 heavy (non-hydrogen) atoms. The standard InChI is InChI=1S/C25H29Cl2N7/c1-3-8-32-9-4-5-17(13-32)18-14-33(15-18)23-12-29-24-22(11-28)31-34(25(24)30-23)16(2)20-7-6-19(26)10-21(20)27/h6-7,10,12,16-18H,3-5,8-9,13-15H2,1-2H3/t16-,17-/m1/s1. The molecule has 0 N–H and O–H groups in total. The minimum absolute atomic E-state index is 0.227. The van der Waals surface area contributed by atoms with Gasteiger partial charge in [0, 0.05) is 29.7 Å². The molecule has 0 radical (unpaired) electrons. The third kappa shape index (κ3) is 4.35. The minimum Gasteiger partial charge on any atom is -0.355 e. The highest BCUT2D eigenvalue weighted by Gasteiger charge is 2.36. The number of nitrogens with zero attached hydrogens (tertiary/aromatic N) is 7. The van der Waals surface area contributed by atoms with E-state index in [1.165, 1.54) is 38.9 Å². The van der Waals surface area contributed by atoms with Crippen molar-refractivity contribution in [3.63, 3.8) is 0 Å². The molecular formula is C25H29Cl2N7. The monoisotopic (exact) mass is 497 g/mol. The summed E-state index contributed by atoms with van der Waals surface area (Å²) in [6.45, 7) is 9.91. The van der Waals surface area contributed by atoms with E-state index in [2.05, 4.69) is 32.9 Å². The average Bonchev–Trinajstić information content (AvgIpc) is 3.16. The van der Waals surface area contributed by atoms with E-state index in [1.807, 2.05) is 13.0 Å². The second-order valence-electron chi connectivity index (χ2n) is 9.52. The maximum absolute atomic E-state index is 9.62. The van der Waals surface area contributed by atoms with Gasteiger partial charge < -0.3 is 9.80 Å². The maximum Gasteiger partial charge on any atom is 0.190 e. The highest BCUT2D eigenvalue weighted by molar-refractivity contribution is 6.35. The van der Waals surface area contributed by atoms with Crippen LogP contribution in [0.3, 0.4) is 0 Å². The molecule has 2 aliphatic heterocycles. The van der Waals surface area contributed by atoms with E-state index in [-0.39, 0.29) is 11.7 Å². The first-order valence-electron chi connectivity index (χ1n) is 12.1. The molecule has 2 fully saturated rings. The highest BCUT2D eigenvalue weighted by atomic mass is 35.5. The van der Waals surface area contributed by atoms with Crippen molar-refractivity contribution in [2.45, 2.75) is 39.2 Å². The van der Waals surface area contributed by atoms with Gasteiger partial charge in [0.2, 0.25) is 0 Å². The molecule has 2 atom stereocenters. The summed E-state index contributed by atoms with van der Waals surface area (Å²) in [6.07, 6.45) is 5.61. The molecule has 2 aliphatic rings. The molecule has 9 heteroatoms. The van der Waals surface area contributed by atoms with E-state index in [4.69, 9.17) is 28.2 Å². The van der Waals surface area contributed by atoms with Crippen LogP contribution in [-0.4, -0.2) is 57.4 Å². The fourth-order valence-corrected chi connectivity index (χ4v) is 5.93. The summed E-state index contributed by atoms with van der Waals surface area (Å²) >= 11 is 12.5. The van der Waals surface area contributed by atoms with Gasteiger partial charge in [-0.15, -0.1) is 0 Å². The molecule has 0 unspecified atom stereocenters. The van der Waals surface area contributed by atoms with Crippen LogP contribution in [0.25, 0.3) is 11.2 Å². The number of halogens is 2. The number of aromatic nitrogens is 4. The lowest BCUT2D eigenvalue weighted by Gasteiger charge is -2.47. The number of nitriles is 1. The van der Waals surface area contributed by atoms with Crippen LogP contribution in [-0.2, 0) is 0 Å². The molecule has 5 rings (SSSR count). The van der Waals surface area contributed by atoms with Crippen LogP contribution in [0.15, 0.2) is 24.4 Å². The zero-order chi connectivity index (χ0) is 23.8. The van der Waals surface area contributed by atoms with Crippen molar-refractivity contribution in [3.8, 4) is 6.07 Å². The summed E-state index contributed by atoms with van der Waals surface area (Å²) in [7, 11) is 0. The lowest BCUT2D eigenvalue weighted by atomic mass is 9.80. The van der Waals surface area contributed by atoms with Crippen molar-refractivity contribution in [3.05, 3.63) is 45.7 Å². The van der Waals surface area contributed by atoms with E-state index in [0.29, 0.717) is 27.1 Å². The normalized spacial score (nSPS) is 20.3. The fraction of sp³-hybridized carbons (Fsp3) is 0.520. The zero-order valence-corrected chi connectivity index (χ0v) is 21.1.